The molecule has 0 aliphatic carbocycles. The molecule has 0 aromatic heterocycles. The van der Waals surface area contributed by atoms with Crippen LogP contribution in [0.15, 0.2) is 77.7 Å². The lowest BCUT2D eigenvalue weighted by atomic mass is 9.85. The molecule has 5 rings (SSSR count). The molecule has 10 heteroatoms. The molecule has 0 radical (unpaired) electrons. The average Bonchev–Trinajstić information content (AvgIpc) is 2.98. The highest BCUT2D eigenvalue weighted by atomic mass is 32.2. The molecule has 3 N–H and O–H groups in total. The molecule has 2 amide bonds. The Morgan fingerprint density at radius 2 is 1.73 bits per heavy atom. The number of ether oxygens (including phenoxy) is 1. The second kappa shape index (κ2) is 11.7. The van der Waals surface area contributed by atoms with Crippen molar-refractivity contribution in [1.82, 2.24) is 15.5 Å². The van der Waals surface area contributed by atoms with Gasteiger partial charge in [0.2, 0.25) is 5.91 Å². The second-order valence-electron chi connectivity index (χ2n) is 12.4. The van der Waals surface area contributed by atoms with Crippen molar-refractivity contribution in [2.45, 2.75) is 81.5 Å². The molecule has 1 unspecified atom stereocenters. The number of hydrogen-bond acceptors (Lipinski definition) is 6. The summed E-state index contributed by atoms with van der Waals surface area (Å²) in [6, 6.07) is 20.0. The SMILES string of the molecule is CCC1(CC)CC(=O)N(C(c2ccc(S(C)(=O)=O)cc2)c2cccc(C(=O)N[C@H]3CC(C)(C)Oc4ccccc43)c2)C(=N)N1. The number of amides is 2. The molecular weight excluding hydrogens is 576 g/mol. The Morgan fingerprint density at radius 1 is 1.05 bits per heavy atom. The predicted molar refractivity (Wildman–Crippen MR) is 169 cm³/mol. The molecule has 44 heavy (non-hydrogen) atoms. The Hall–Kier alpha value is -4.18. The highest BCUT2D eigenvalue weighted by molar-refractivity contribution is 7.90. The van der Waals surface area contributed by atoms with Crippen molar-refractivity contribution in [3.05, 3.63) is 95.1 Å². The second-order valence-corrected chi connectivity index (χ2v) is 14.4. The summed E-state index contributed by atoms with van der Waals surface area (Å²) in [7, 11) is -3.44. The van der Waals surface area contributed by atoms with E-state index in [4.69, 9.17) is 10.1 Å². The molecule has 2 atom stereocenters. The molecule has 0 spiro atoms. The number of carbonyl (C=O) groups is 2. The van der Waals surface area contributed by atoms with Crippen LogP contribution < -0.4 is 15.4 Å². The van der Waals surface area contributed by atoms with E-state index < -0.39 is 27.0 Å². The topological polar surface area (TPSA) is 129 Å². The van der Waals surface area contributed by atoms with E-state index >= 15 is 0 Å². The lowest BCUT2D eigenvalue weighted by molar-refractivity contribution is -0.132. The zero-order valence-corrected chi connectivity index (χ0v) is 26.6. The van der Waals surface area contributed by atoms with Gasteiger partial charge in [-0.25, -0.2) is 8.42 Å². The number of para-hydroxylation sites is 1. The third kappa shape index (κ3) is 6.22. The Balaban J connectivity index is 1.52. The third-order valence-electron chi connectivity index (χ3n) is 8.76. The standard InChI is InChI=1S/C34H40N4O5S/c1-6-34(7-2)21-29(39)38(32(35)37-34)30(22-15-17-25(18-16-22)44(5,41)42)23-11-10-12-24(19-23)31(40)36-27-20-33(3,4)43-28-14-9-8-13-26(27)28/h8-19,27,30H,6-7,20-21H2,1-5H3,(H2,35,37)(H,36,40)/t27-,30?/m0/s1. The van der Waals surface area contributed by atoms with Crippen LogP contribution in [0.4, 0.5) is 0 Å². The van der Waals surface area contributed by atoms with Gasteiger partial charge in [-0.2, -0.15) is 0 Å². The average molecular weight is 617 g/mol. The number of fused-ring (bicyclic) bond motifs is 1. The molecule has 2 aliphatic heterocycles. The number of rotatable bonds is 8. The molecular formula is C34H40N4O5S. The normalized spacial score (nSPS) is 19.8. The summed E-state index contributed by atoms with van der Waals surface area (Å²) < 4.78 is 30.5. The van der Waals surface area contributed by atoms with Gasteiger partial charge in [-0.1, -0.05) is 56.3 Å². The third-order valence-corrected chi connectivity index (χ3v) is 9.89. The predicted octanol–water partition coefficient (Wildman–Crippen LogP) is 5.53. The summed E-state index contributed by atoms with van der Waals surface area (Å²) in [6.45, 7) is 7.97. The summed E-state index contributed by atoms with van der Waals surface area (Å²) in [6.07, 6.45) is 3.30. The Bertz CT molecular complexity index is 1680. The Morgan fingerprint density at radius 3 is 2.36 bits per heavy atom. The summed E-state index contributed by atoms with van der Waals surface area (Å²) in [4.78, 5) is 29.0. The molecule has 3 aromatic rings. The van der Waals surface area contributed by atoms with Crippen LogP contribution in [0.2, 0.25) is 0 Å². The van der Waals surface area contributed by atoms with Gasteiger partial charge in [-0.15, -0.1) is 0 Å². The van der Waals surface area contributed by atoms with Crippen molar-refractivity contribution >= 4 is 27.6 Å². The van der Waals surface area contributed by atoms with Crippen molar-refractivity contribution in [3.63, 3.8) is 0 Å². The first-order valence-electron chi connectivity index (χ1n) is 14.9. The maximum Gasteiger partial charge on any atom is 0.251 e. The Labute approximate surface area is 259 Å². The van der Waals surface area contributed by atoms with Gasteiger partial charge in [0.25, 0.3) is 5.91 Å². The zero-order valence-electron chi connectivity index (χ0n) is 25.8. The van der Waals surface area contributed by atoms with Crippen molar-refractivity contribution < 1.29 is 22.7 Å². The van der Waals surface area contributed by atoms with Crippen LogP contribution in [0.25, 0.3) is 0 Å². The number of nitrogens with one attached hydrogen (secondary N) is 3. The smallest absolute Gasteiger partial charge is 0.251 e. The van der Waals surface area contributed by atoms with Crippen molar-refractivity contribution in [3.8, 4) is 5.75 Å². The number of sulfone groups is 1. The van der Waals surface area contributed by atoms with Crippen molar-refractivity contribution in [2.75, 3.05) is 6.26 Å². The van der Waals surface area contributed by atoms with Gasteiger partial charge in [-0.3, -0.25) is 19.9 Å². The van der Waals surface area contributed by atoms with E-state index in [2.05, 4.69) is 10.6 Å². The van der Waals surface area contributed by atoms with E-state index in [9.17, 15) is 18.0 Å². The summed E-state index contributed by atoms with van der Waals surface area (Å²) >= 11 is 0. The molecule has 3 aromatic carbocycles. The van der Waals surface area contributed by atoms with Gasteiger partial charge >= 0.3 is 0 Å². The van der Waals surface area contributed by atoms with E-state index in [0.29, 0.717) is 36.0 Å². The highest BCUT2D eigenvalue weighted by Gasteiger charge is 2.43. The van der Waals surface area contributed by atoms with Crippen LogP contribution in [0.1, 0.15) is 92.5 Å². The number of nitrogens with zero attached hydrogens (tertiary/aromatic N) is 1. The molecule has 1 saturated heterocycles. The number of guanidine groups is 1. The maximum atomic E-state index is 13.8. The molecule has 1 fully saturated rings. The first kappa shape index (κ1) is 31.3. The molecule has 2 heterocycles. The number of carbonyl (C=O) groups excluding carboxylic acids is 2. The van der Waals surface area contributed by atoms with Crippen LogP contribution in [0, 0.1) is 5.41 Å². The van der Waals surface area contributed by atoms with E-state index in [1.165, 1.54) is 17.0 Å². The van der Waals surface area contributed by atoms with E-state index in [-0.39, 0.29) is 35.1 Å². The summed E-state index contributed by atoms with van der Waals surface area (Å²) in [5, 5.41) is 15.4. The number of hydrogen-bond donors (Lipinski definition) is 3. The lowest BCUT2D eigenvalue weighted by Crippen LogP contribution is -2.62. The summed E-state index contributed by atoms with van der Waals surface area (Å²) in [5.41, 5.74) is 1.58. The molecule has 9 nitrogen and oxygen atoms in total. The fraction of sp³-hybridized carbons (Fsp3) is 0.382. The maximum absolute atomic E-state index is 13.8. The minimum Gasteiger partial charge on any atom is -0.487 e. The van der Waals surface area contributed by atoms with E-state index in [1.54, 1.807) is 30.3 Å². The van der Waals surface area contributed by atoms with Gasteiger partial charge in [0.05, 0.1) is 23.4 Å². The summed E-state index contributed by atoms with van der Waals surface area (Å²) in [5.74, 6) is 0.221. The molecule has 0 saturated carbocycles. The highest BCUT2D eigenvalue weighted by Crippen LogP contribution is 2.40. The van der Waals surface area contributed by atoms with Crippen molar-refractivity contribution in [2.24, 2.45) is 0 Å². The number of benzene rings is 3. The minimum atomic E-state index is -3.44. The van der Waals surface area contributed by atoms with Gasteiger partial charge in [-0.05, 0) is 68.1 Å². The Kier molecular flexibility index (Phi) is 8.33. The molecule has 0 bridgehead atoms. The van der Waals surface area contributed by atoms with Crippen LogP contribution in [0.3, 0.4) is 0 Å². The fourth-order valence-corrected chi connectivity index (χ4v) is 6.85. The largest absolute Gasteiger partial charge is 0.487 e. The van der Waals surface area contributed by atoms with Gasteiger partial charge < -0.3 is 15.4 Å². The van der Waals surface area contributed by atoms with Crippen molar-refractivity contribution in [1.29, 1.82) is 5.41 Å². The van der Waals surface area contributed by atoms with E-state index in [0.717, 1.165) is 17.6 Å². The fourth-order valence-electron chi connectivity index (χ4n) is 6.22. The lowest BCUT2D eigenvalue weighted by Gasteiger charge is -2.45. The first-order valence-corrected chi connectivity index (χ1v) is 16.8. The first-order chi connectivity index (χ1) is 20.8. The molecule has 232 valence electrons. The van der Waals surface area contributed by atoms with Crippen LogP contribution >= 0.6 is 0 Å². The molecule has 2 aliphatic rings. The minimum absolute atomic E-state index is 0.0296. The van der Waals surface area contributed by atoms with Gasteiger partial charge in [0.15, 0.2) is 15.8 Å². The van der Waals surface area contributed by atoms with Crippen LogP contribution in [0.5, 0.6) is 5.75 Å². The van der Waals surface area contributed by atoms with Crippen LogP contribution in [-0.2, 0) is 14.6 Å². The quantitative estimate of drug-likeness (QED) is 0.306. The van der Waals surface area contributed by atoms with Gasteiger partial charge in [0.1, 0.15) is 11.4 Å². The van der Waals surface area contributed by atoms with Crippen LogP contribution in [-0.4, -0.2) is 48.5 Å². The van der Waals surface area contributed by atoms with Gasteiger partial charge in [0, 0.05) is 29.3 Å². The zero-order chi connectivity index (χ0) is 31.9. The van der Waals surface area contributed by atoms with E-state index in [1.807, 2.05) is 58.0 Å². The monoisotopic (exact) mass is 616 g/mol.